The lowest BCUT2D eigenvalue weighted by molar-refractivity contribution is -0.132. The number of nitrogens with zero attached hydrogens (tertiary/aromatic N) is 1. The van der Waals surface area contributed by atoms with E-state index in [1.165, 1.54) is 19.1 Å². The van der Waals surface area contributed by atoms with E-state index in [9.17, 15) is 14.7 Å². The monoisotopic (exact) mass is 473 g/mol. The third-order valence-corrected chi connectivity index (χ3v) is 6.03. The minimum Gasteiger partial charge on any atom is -0.507 e. The smallest absolute Gasteiger partial charge is 0.300 e. The van der Waals surface area contributed by atoms with Crippen LogP contribution in [0.1, 0.15) is 17.2 Å². The van der Waals surface area contributed by atoms with E-state index >= 15 is 0 Å². The summed E-state index contributed by atoms with van der Waals surface area (Å²) < 4.78 is 21.9. The highest BCUT2D eigenvalue weighted by Crippen LogP contribution is 2.45. The predicted molar refractivity (Wildman–Crippen MR) is 128 cm³/mol. The van der Waals surface area contributed by atoms with Crippen molar-refractivity contribution in [1.29, 1.82) is 0 Å². The lowest BCUT2D eigenvalue weighted by Gasteiger charge is -2.27. The van der Waals surface area contributed by atoms with Crippen LogP contribution in [0.4, 0.5) is 5.69 Å². The minimum atomic E-state index is -0.870. The summed E-state index contributed by atoms with van der Waals surface area (Å²) >= 11 is 0. The van der Waals surface area contributed by atoms with Crippen molar-refractivity contribution in [2.24, 2.45) is 0 Å². The lowest BCUT2D eigenvalue weighted by atomic mass is 9.95. The fourth-order valence-corrected chi connectivity index (χ4v) is 4.37. The molecule has 1 fully saturated rings. The molecule has 1 N–H and O–H groups in total. The number of carbonyl (C=O) groups is 2. The Labute approximate surface area is 201 Å². The molecule has 0 radical (unpaired) electrons. The molecule has 3 aromatic carbocycles. The quantitative estimate of drug-likeness (QED) is 0.339. The number of amides is 1. The summed E-state index contributed by atoms with van der Waals surface area (Å²) in [6.45, 7) is 0.819. The van der Waals surface area contributed by atoms with Crippen molar-refractivity contribution < 1.29 is 33.6 Å². The number of hydrogen-bond acceptors (Lipinski definition) is 7. The second-order valence-electron chi connectivity index (χ2n) is 7.97. The van der Waals surface area contributed by atoms with E-state index in [-0.39, 0.29) is 16.9 Å². The van der Waals surface area contributed by atoms with Gasteiger partial charge < -0.3 is 24.1 Å². The third-order valence-electron chi connectivity index (χ3n) is 6.03. The number of rotatable bonds is 5. The lowest BCUT2D eigenvalue weighted by Crippen LogP contribution is -2.29. The van der Waals surface area contributed by atoms with Crippen LogP contribution in [-0.2, 0) is 9.59 Å². The Morgan fingerprint density at radius 2 is 1.66 bits per heavy atom. The molecule has 5 rings (SSSR count). The van der Waals surface area contributed by atoms with E-state index in [4.69, 9.17) is 18.9 Å². The number of aliphatic hydroxyl groups is 1. The number of Topliss-reactive ketones (excluding diaryl/α,β-unsaturated/α-hetero) is 1. The normalized spacial score (nSPS) is 18.5. The highest BCUT2D eigenvalue weighted by Gasteiger charge is 2.47. The molecule has 0 aromatic heterocycles. The summed E-state index contributed by atoms with van der Waals surface area (Å²) in [5.41, 5.74) is 1.34. The van der Waals surface area contributed by atoms with Gasteiger partial charge in [0.2, 0.25) is 0 Å². The van der Waals surface area contributed by atoms with Gasteiger partial charge in [0.1, 0.15) is 30.5 Å². The van der Waals surface area contributed by atoms with Crippen molar-refractivity contribution in [1.82, 2.24) is 0 Å². The summed E-state index contributed by atoms with van der Waals surface area (Å²) in [5, 5.41) is 11.4. The molecule has 1 unspecified atom stereocenters. The summed E-state index contributed by atoms with van der Waals surface area (Å²) in [6.07, 6.45) is 0. The number of fused-ring (bicyclic) bond motifs is 1. The first-order chi connectivity index (χ1) is 17.0. The topological polar surface area (TPSA) is 94.5 Å². The maximum atomic E-state index is 13.4. The third kappa shape index (κ3) is 3.82. The molecule has 2 heterocycles. The molecule has 2 aliphatic rings. The average molecular weight is 473 g/mol. The Balaban J connectivity index is 1.70. The SMILES string of the molecule is COc1ccc(/C(O)=C2\C(=O)C(=O)N(c3ccc4c(c3)OCCO4)C2c2ccccc2)c(OC)c1. The van der Waals surface area contributed by atoms with E-state index in [1.54, 1.807) is 48.5 Å². The summed E-state index contributed by atoms with van der Waals surface area (Å²) in [4.78, 5) is 28.1. The van der Waals surface area contributed by atoms with Crippen LogP contribution in [0.5, 0.6) is 23.0 Å². The number of benzene rings is 3. The van der Waals surface area contributed by atoms with Gasteiger partial charge in [0.15, 0.2) is 11.5 Å². The number of hydrogen-bond donors (Lipinski definition) is 1. The van der Waals surface area contributed by atoms with E-state index in [0.29, 0.717) is 47.5 Å². The first kappa shape index (κ1) is 22.3. The first-order valence-corrected chi connectivity index (χ1v) is 11.0. The van der Waals surface area contributed by atoms with Gasteiger partial charge in [0.05, 0.1) is 31.4 Å². The maximum absolute atomic E-state index is 13.4. The number of methoxy groups -OCH3 is 2. The van der Waals surface area contributed by atoms with Crippen LogP contribution in [0.25, 0.3) is 5.76 Å². The summed E-state index contributed by atoms with van der Waals surface area (Å²) in [5.74, 6) is -0.0190. The van der Waals surface area contributed by atoms with Gasteiger partial charge in [-0.05, 0) is 29.8 Å². The Bertz CT molecular complexity index is 1330. The van der Waals surface area contributed by atoms with Crippen molar-refractivity contribution in [3.05, 3.63) is 83.4 Å². The fourth-order valence-electron chi connectivity index (χ4n) is 4.37. The van der Waals surface area contributed by atoms with Crippen molar-refractivity contribution in [3.8, 4) is 23.0 Å². The van der Waals surface area contributed by atoms with E-state index < -0.39 is 17.7 Å². The second kappa shape index (κ2) is 9.06. The molecule has 0 saturated carbocycles. The second-order valence-corrected chi connectivity index (χ2v) is 7.97. The molecule has 35 heavy (non-hydrogen) atoms. The van der Waals surface area contributed by atoms with Gasteiger partial charge in [-0.2, -0.15) is 0 Å². The summed E-state index contributed by atoms with van der Waals surface area (Å²) in [6, 6.07) is 18.1. The number of ketones is 1. The molecular formula is C27H23NO7. The molecule has 8 heteroatoms. The zero-order chi connectivity index (χ0) is 24.5. The Morgan fingerprint density at radius 3 is 2.37 bits per heavy atom. The van der Waals surface area contributed by atoms with Crippen molar-refractivity contribution in [2.75, 3.05) is 32.3 Å². The Kier molecular flexibility index (Phi) is 5.78. The van der Waals surface area contributed by atoms with Crippen molar-refractivity contribution in [3.63, 3.8) is 0 Å². The van der Waals surface area contributed by atoms with Crippen LogP contribution in [0.15, 0.2) is 72.3 Å². The molecule has 178 valence electrons. The minimum absolute atomic E-state index is 0.0421. The van der Waals surface area contributed by atoms with E-state index in [0.717, 1.165) is 0 Å². The number of carbonyl (C=O) groups excluding carboxylic acids is 2. The van der Waals surface area contributed by atoms with Crippen molar-refractivity contribution >= 4 is 23.1 Å². The molecule has 0 bridgehead atoms. The van der Waals surface area contributed by atoms with E-state index in [1.807, 2.05) is 18.2 Å². The van der Waals surface area contributed by atoms with Crippen LogP contribution in [0, 0.1) is 0 Å². The molecule has 0 spiro atoms. The molecule has 1 saturated heterocycles. The molecule has 0 aliphatic carbocycles. The molecule has 2 aliphatic heterocycles. The zero-order valence-corrected chi connectivity index (χ0v) is 19.2. The standard InChI is InChI=1S/C27H23NO7/c1-32-18-9-10-19(21(15-18)33-2)25(29)23-24(16-6-4-3-5-7-16)28(27(31)26(23)30)17-8-11-20-22(14-17)35-13-12-34-20/h3-11,14-15,24,29H,12-13H2,1-2H3/b25-23+. The van der Waals surface area contributed by atoms with E-state index in [2.05, 4.69) is 0 Å². The first-order valence-electron chi connectivity index (χ1n) is 11.0. The van der Waals surface area contributed by atoms with Gasteiger partial charge in [-0.1, -0.05) is 30.3 Å². The number of ether oxygens (including phenoxy) is 4. The highest BCUT2D eigenvalue weighted by atomic mass is 16.6. The van der Waals surface area contributed by atoms with Crippen LogP contribution in [-0.4, -0.2) is 44.2 Å². The predicted octanol–water partition coefficient (Wildman–Crippen LogP) is 4.10. The van der Waals surface area contributed by atoms with Crippen LogP contribution < -0.4 is 23.8 Å². The van der Waals surface area contributed by atoms with Gasteiger partial charge >= 0.3 is 0 Å². The molecule has 1 atom stereocenters. The van der Waals surface area contributed by atoms with Gasteiger partial charge in [0.25, 0.3) is 11.7 Å². The van der Waals surface area contributed by atoms with Crippen LogP contribution >= 0.6 is 0 Å². The molecule has 3 aromatic rings. The Morgan fingerprint density at radius 1 is 0.914 bits per heavy atom. The fraction of sp³-hybridized carbons (Fsp3) is 0.185. The highest BCUT2D eigenvalue weighted by molar-refractivity contribution is 6.51. The average Bonchev–Trinajstić information content (AvgIpc) is 3.18. The van der Waals surface area contributed by atoms with Gasteiger partial charge in [0, 0.05) is 17.8 Å². The molecule has 1 amide bonds. The van der Waals surface area contributed by atoms with Gasteiger partial charge in [-0.15, -0.1) is 0 Å². The number of aliphatic hydroxyl groups excluding tert-OH is 1. The number of anilines is 1. The van der Waals surface area contributed by atoms with Gasteiger partial charge in [-0.3, -0.25) is 14.5 Å². The molecule has 8 nitrogen and oxygen atoms in total. The largest absolute Gasteiger partial charge is 0.507 e. The Hall–Kier alpha value is -4.46. The van der Waals surface area contributed by atoms with Crippen LogP contribution in [0.2, 0.25) is 0 Å². The van der Waals surface area contributed by atoms with Gasteiger partial charge in [-0.25, -0.2) is 0 Å². The van der Waals surface area contributed by atoms with Crippen LogP contribution in [0.3, 0.4) is 0 Å². The van der Waals surface area contributed by atoms with Crippen molar-refractivity contribution in [2.45, 2.75) is 6.04 Å². The maximum Gasteiger partial charge on any atom is 0.300 e. The molecular weight excluding hydrogens is 450 g/mol. The summed E-state index contributed by atoms with van der Waals surface area (Å²) in [7, 11) is 2.97. The zero-order valence-electron chi connectivity index (χ0n) is 19.2.